The summed E-state index contributed by atoms with van der Waals surface area (Å²) in [5.74, 6) is 1.71. The Morgan fingerprint density at radius 2 is 0.932 bits per heavy atom. The van der Waals surface area contributed by atoms with E-state index < -0.39 is 0 Å². The molecule has 0 radical (unpaired) electrons. The van der Waals surface area contributed by atoms with Crippen molar-refractivity contribution in [2.45, 2.75) is 0 Å². The summed E-state index contributed by atoms with van der Waals surface area (Å²) in [6.07, 6.45) is 0. The van der Waals surface area contributed by atoms with Crippen LogP contribution >= 0.6 is 0 Å². The maximum atomic E-state index is 6.94. The summed E-state index contributed by atoms with van der Waals surface area (Å²) >= 11 is 0. The minimum atomic E-state index is 0.551. The first-order valence-electron chi connectivity index (χ1n) is 19.9. The van der Waals surface area contributed by atoms with Gasteiger partial charge in [0.1, 0.15) is 5.58 Å². The van der Waals surface area contributed by atoms with Crippen molar-refractivity contribution in [1.29, 1.82) is 0 Å². The maximum absolute atomic E-state index is 6.94. The highest BCUT2D eigenvalue weighted by molar-refractivity contribution is 6.18. The van der Waals surface area contributed by atoms with E-state index in [1.807, 2.05) is 12.1 Å². The number of para-hydroxylation sites is 4. The standard InChI is InChI=1S/C53H31N5O/c1-2-14-33-29-36(26-25-32(33)13-1)51-54-52(56-53(55-51)58-44-22-10-5-17-37(44)38-18-6-11-23-45(38)58)41-27-28-46(50-49(41)40-20-8-12-24-48(40)59-50)57-43-21-9-7-19-39(43)42-30-34-15-3-4-16-35(34)31-47(42)57/h1-31H. The van der Waals surface area contributed by atoms with E-state index in [0.717, 1.165) is 82.4 Å². The Labute approximate surface area is 336 Å². The number of furan rings is 1. The van der Waals surface area contributed by atoms with Crippen molar-refractivity contribution >= 4 is 87.1 Å². The van der Waals surface area contributed by atoms with E-state index in [1.165, 1.54) is 21.5 Å². The molecule has 6 heteroatoms. The molecule has 0 unspecified atom stereocenters. The molecule has 274 valence electrons. The first kappa shape index (κ1) is 32.0. The Morgan fingerprint density at radius 1 is 0.373 bits per heavy atom. The molecule has 59 heavy (non-hydrogen) atoms. The van der Waals surface area contributed by atoms with Crippen LogP contribution in [-0.4, -0.2) is 24.1 Å². The van der Waals surface area contributed by atoms with Crippen molar-refractivity contribution in [2.24, 2.45) is 0 Å². The third-order valence-corrected chi connectivity index (χ3v) is 11.9. The van der Waals surface area contributed by atoms with E-state index >= 15 is 0 Å². The number of fused-ring (bicyclic) bond motifs is 11. The summed E-state index contributed by atoms with van der Waals surface area (Å²) in [6, 6.07) is 66.1. The van der Waals surface area contributed by atoms with Gasteiger partial charge in [0.25, 0.3) is 0 Å². The van der Waals surface area contributed by atoms with Crippen LogP contribution in [0.2, 0.25) is 0 Å². The molecule has 4 aromatic heterocycles. The molecule has 0 atom stereocenters. The van der Waals surface area contributed by atoms with Gasteiger partial charge in [-0.25, -0.2) is 4.98 Å². The minimum Gasteiger partial charge on any atom is -0.454 e. The molecule has 6 nitrogen and oxygen atoms in total. The zero-order chi connectivity index (χ0) is 38.6. The highest BCUT2D eigenvalue weighted by Gasteiger charge is 2.24. The van der Waals surface area contributed by atoms with Crippen molar-refractivity contribution in [3.8, 4) is 34.4 Å². The average Bonchev–Trinajstić information content (AvgIpc) is 3.96. The van der Waals surface area contributed by atoms with Crippen LogP contribution in [-0.2, 0) is 0 Å². The Balaban J connectivity index is 1.13. The van der Waals surface area contributed by atoms with Gasteiger partial charge in [0.05, 0.1) is 27.8 Å². The number of aromatic nitrogens is 5. The van der Waals surface area contributed by atoms with Crippen molar-refractivity contribution in [1.82, 2.24) is 24.1 Å². The number of nitrogens with zero attached hydrogens (tertiary/aromatic N) is 5. The average molecular weight is 754 g/mol. The zero-order valence-electron chi connectivity index (χ0n) is 31.5. The minimum absolute atomic E-state index is 0.551. The fraction of sp³-hybridized carbons (Fsp3) is 0. The fourth-order valence-corrected chi connectivity index (χ4v) is 9.27. The van der Waals surface area contributed by atoms with Gasteiger partial charge in [0.2, 0.25) is 5.95 Å². The van der Waals surface area contributed by atoms with Gasteiger partial charge >= 0.3 is 0 Å². The molecule has 0 saturated heterocycles. The molecule has 0 aliphatic carbocycles. The van der Waals surface area contributed by atoms with E-state index in [2.05, 4.69) is 185 Å². The summed E-state index contributed by atoms with van der Waals surface area (Å²) in [5.41, 5.74) is 8.59. The van der Waals surface area contributed by atoms with Crippen LogP contribution in [0.25, 0.3) is 122 Å². The molecule has 0 N–H and O–H groups in total. The topological polar surface area (TPSA) is 61.7 Å². The van der Waals surface area contributed by atoms with Gasteiger partial charge in [-0.3, -0.25) is 4.57 Å². The molecule has 0 bridgehead atoms. The molecule has 0 aliphatic rings. The Kier molecular flexibility index (Phi) is 6.63. The van der Waals surface area contributed by atoms with Crippen molar-refractivity contribution in [3.05, 3.63) is 188 Å². The van der Waals surface area contributed by atoms with Gasteiger partial charge in [-0.1, -0.05) is 133 Å². The molecule has 0 saturated carbocycles. The van der Waals surface area contributed by atoms with Crippen molar-refractivity contribution in [2.75, 3.05) is 0 Å². The Morgan fingerprint density at radius 3 is 1.66 bits per heavy atom. The van der Waals surface area contributed by atoms with Gasteiger partial charge in [-0.15, -0.1) is 0 Å². The molecular weight excluding hydrogens is 723 g/mol. The van der Waals surface area contributed by atoms with Gasteiger partial charge < -0.3 is 8.98 Å². The predicted molar refractivity (Wildman–Crippen MR) is 242 cm³/mol. The lowest BCUT2D eigenvalue weighted by molar-refractivity contribution is 0.666. The van der Waals surface area contributed by atoms with Crippen LogP contribution in [0.1, 0.15) is 0 Å². The van der Waals surface area contributed by atoms with Crippen LogP contribution < -0.4 is 0 Å². The number of hydrogen-bond acceptors (Lipinski definition) is 4. The number of hydrogen-bond donors (Lipinski definition) is 0. The summed E-state index contributed by atoms with van der Waals surface area (Å²) in [7, 11) is 0. The lowest BCUT2D eigenvalue weighted by Gasteiger charge is -2.13. The molecule has 0 aliphatic heterocycles. The van der Waals surface area contributed by atoms with E-state index in [0.29, 0.717) is 17.6 Å². The largest absolute Gasteiger partial charge is 0.454 e. The zero-order valence-corrected chi connectivity index (χ0v) is 31.5. The first-order chi connectivity index (χ1) is 29.2. The van der Waals surface area contributed by atoms with Crippen LogP contribution in [0.15, 0.2) is 192 Å². The normalized spacial score (nSPS) is 12.1. The van der Waals surface area contributed by atoms with E-state index in [4.69, 9.17) is 19.4 Å². The van der Waals surface area contributed by atoms with Crippen molar-refractivity contribution < 1.29 is 4.42 Å². The lowest BCUT2D eigenvalue weighted by Crippen LogP contribution is -2.06. The summed E-state index contributed by atoms with van der Waals surface area (Å²) in [4.78, 5) is 16.0. The first-order valence-corrected chi connectivity index (χ1v) is 19.9. The lowest BCUT2D eigenvalue weighted by atomic mass is 10.0. The molecule has 13 rings (SSSR count). The van der Waals surface area contributed by atoms with Crippen molar-refractivity contribution in [3.63, 3.8) is 0 Å². The summed E-state index contributed by atoms with van der Waals surface area (Å²) < 4.78 is 11.5. The molecule has 4 heterocycles. The highest BCUT2D eigenvalue weighted by Crippen LogP contribution is 2.43. The van der Waals surface area contributed by atoms with Gasteiger partial charge in [0.15, 0.2) is 17.2 Å². The molecular formula is C53H31N5O. The monoisotopic (exact) mass is 753 g/mol. The van der Waals surface area contributed by atoms with Crippen LogP contribution in [0, 0.1) is 0 Å². The van der Waals surface area contributed by atoms with Crippen LogP contribution in [0.5, 0.6) is 0 Å². The van der Waals surface area contributed by atoms with E-state index in [9.17, 15) is 0 Å². The second-order valence-corrected chi connectivity index (χ2v) is 15.2. The highest BCUT2D eigenvalue weighted by atomic mass is 16.3. The molecule has 0 fully saturated rings. The summed E-state index contributed by atoms with van der Waals surface area (Å²) in [6.45, 7) is 0. The van der Waals surface area contributed by atoms with Crippen LogP contribution in [0.4, 0.5) is 0 Å². The second-order valence-electron chi connectivity index (χ2n) is 15.2. The SMILES string of the molecule is c1ccc2cc(-c3nc(-c4ccc(-n5c6ccccc6c6cc7ccccc7cc65)c5oc6ccccc6c45)nc(-n4c5ccccc5c5ccccc54)n3)ccc2c1. The summed E-state index contributed by atoms with van der Waals surface area (Å²) in [5, 5.41) is 11.3. The quantitative estimate of drug-likeness (QED) is 0.180. The van der Waals surface area contributed by atoms with E-state index in [1.54, 1.807) is 0 Å². The number of benzene rings is 9. The third-order valence-electron chi connectivity index (χ3n) is 11.9. The predicted octanol–water partition coefficient (Wildman–Crippen LogP) is 13.6. The molecule has 0 spiro atoms. The van der Waals surface area contributed by atoms with Crippen LogP contribution in [0.3, 0.4) is 0 Å². The second kappa shape index (κ2) is 12.2. The third kappa shape index (κ3) is 4.71. The molecule has 9 aromatic carbocycles. The van der Waals surface area contributed by atoms with E-state index in [-0.39, 0.29) is 0 Å². The Bertz CT molecular complexity index is 3820. The molecule has 0 amide bonds. The maximum Gasteiger partial charge on any atom is 0.238 e. The molecule has 13 aromatic rings. The van der Waals surface area contributed by atoms with Gasteiger partial charge in [-0.05, 0) is 76.1 Å². The smallest absolute Gasteiger partial charge is 0.238 e. The Hall–Kier alpha value is -8.09. The van der Waals surface area contributed by atoms with Gasteiger partial charge in [0, 0.05) is 43.4 Å². The number of rotatable bonds is 4. The van der Waals surface area contributed by atoms with Gasteiger partial charge in [-0.2, -0.15) is 9.97 Å². The fourth-order valence-electron chi connectivity index (χ4n) is 9.27.